The summed E-state index contributed by atoms with van der Waals surface area (Å²) in [7, 11) is 0. The largest absolute Gasteiger partial charge is 0.463 e. The lowest BCUT2D eigenvalue weighted by molar-refractivity contribution is -0.164. The van der Waals surface area contributed by atoms with Crippen LogP contribution in [0, 0.1) is 0 Å². The molecule has 0 radical (unpaired) electrons. The Bertz CT molecular complexity index is 705. The Morgan fingerprint density at radius 2 is 1.58 bits per heavy atom. The lowest BCUT2D eigenvalue weighted by Gasteiger charge is -2.17. The highest BCUT2D eigenvalue weighted by atomic mass is 32.1. The number of hydroxylamine groups is 2. The zero-order chi connectivity index (χ0) is 17.4. The van der Waals surface area contributed by atoms with Crippen molar-refractivity contribution in [2.45, 2.75) is 6.61 Å². The van der Waals surface area contributed by atoms with Gasteiger partial charge in [-0.1, -0.05) is 60.7 Å². The standard InChI is InChI=1S/C17H15NO5S/c19-15(23-16(24)14-9-5-2-6-10-14)11-18(17(20)21)22-12-13-7-3-1-4-8-13/h1-10H,11-12H2,(H,20,21). The van der Waals surface area contributed by atoms with Gasteiger partial charge in [-0.25, -0.2) is 9.59 Å². The molecule has 0 saturated carbocycles. The number of carbonyl (C=O) groups excluding carboxylic acids is 1. The van der Waals surface area contributed by atoms with E-state index in [1.165, 1.54) is 0 Å². The van der Waals surface area contributed by atoms with Crippen molar-refractivity contribution >= 4 is 29.3 Å². The lowest BCUT2D eigenvalue weighted by atomic mass is 10.2. The van der Waals surface area contributed by atoms with Gasteiger partial charge in [-0.2, -0.15) is 5.06 Å². The van der Waals surface area contributed by atoms with E-state index in [1.807, 2.05) is 6.07 Å². The van der Waals surface area contributed by atoms with Crippen LogP contribution in [-0.4, -0.2) is 33.8 Å². The molecule has 0 aliphatic carbocycles. The number of ether oxygens (including phenoxy) is 1. The number of hydrogen-bond donors (Lipinski definition) is 1. The molecule has 2 aromatic rings. The van der Waals surface area contributed by atoms with Crippen molar-refractivity contribution in [3.05, 3.63) is 71.8 Å². The van der Waals surface area contributed by atoms with Gasteiger partial charge in [0, 0.05) is 5.56 Å². The van der Waals surface area contributed by atoms with Crippen LogP contribution in [0.25, 0.3) is 0 Å². The van der Waals surface area contributed by atoms with Crippen LogP contribution in [-0.2, 0) is 21.0 Å². The van der Waals surface area contributed by atoms with Gasteiger partial charge in [0.1, 0.15) is 6.61 Å². The molecule has 1 amide bonds. The second kappa shape index (κ2) is 8.76. The molecule has 0 unspecified atom stereocenters. The molecule has 6 nitrogen and oxygen atoms in total. The van der Waals surface area contributed by atoms with Crippen LogP contribution in [0.3, 0.4) is 0 Å². The van der Waals surface area contributed by atoms with Crippen LogP contribution in [0.2, 0.25) is 0 Å². The average Bonchev–Trinajstić information content (AvgIpc) is 2.60. The third-order valence-electron chi connectivity index (χ3n) is 2.93. The van der Waals surface area contributed by atoms with E-state index in [2.05, 4.69) is 0 Å². The Kier molecular flexibility index (Phi) is 6.41. The number of carbonyl (C=O) groups is 2. The maximum absolute atomic E-state index is 11.9. The molecule has 0 bridgehead atoms. The predicted octanol–water partition coefficient (Wildman–Crippen LogP) is 3.02. The molecule has 1 N–H and O–H groups in total. The van der Waals surface area contributed by atoms with Crippen LogP contribution in [0.15, 0.2) is 60.7 Å². The molecule has 2 aromatic carbocycles. The minimum Gasteiger partial charge on any atom is -0.463 e. The molecule has 0 aliphatic rings. The summed E-state index contributed by atoms with van der Waals surface area (Å²) in [5.41, 5.74) is 1.34. The van der Waals surface area contributed by atoms with Gasteiger partial charge in [-0.15, -0.1) is 0 Å². The van der Waals surface area contributed by atoms with Crippen LogP contribution in [0.5, 0.6) is 0 Å². The number of carboxylic acid groups (broad SMARTS) is 1. The second-order valence-electron chi connectivity index (χ2n) is 4.71. The fourth-order valence-corrected chi connectivity index (χ4v) is 2.01. The molecule has 124 valence electrons. The van der Waals surface area contributed by atoms with Crippen molar-refractivity contribution in [2.75, 3.05) is 6.54 Å². The highest BCUT2D eigenvalue weighted by molar-refractivity contribution is 7.80. The summed E-state index contributed by atoms with van der Waals surface area (Å²) in [6, 6.07) is 17.7. The van der Waals surface area contributed by atoms with Gasteiger partial charge in [0.2, 0.25) is 5.05 Å². The maximum atomic E-state index is 11.9. The summed E-state index contributed by atoms with van der Waals surface area (Å²) in [5, 5.41) is 9.61. The Morgan fingerprint density at radius 1 is 1.00 bits per heavy atom. The number of nitrogens with zero attached hydrogens (tertiary/aromatic N) is 1. The van der Waals surface area contributed by atoms with Crippen LogP contribution in [0.4, 0.5) is 4.79 Å². The van der Waals surface area contributed by atoms with Crippen molar-refractivity contribution in [2.24, 2.45) is 0 Å². The van der Waals surface area contributed by atoms with E-state index in [4.69, 9.17) is 26.9 Å². The Morgan fingerprint density at radius 3 is 2.17 bits per heavy atom. The molecule has 0 spiro atoms. The number of thiocarbonyl (C=S) groups is 1. The first kappa shape index (κ1) is 17.6. The molecule has 0 fully saturated rings. The second-order valence-corrected chi connectivity index (χ2v) is 5.08. The van der Waals surface area contributed by atoms with Gasteiger partial charge >= 0.3 is 12.1 Å². The van der Waals surface area contributed by atoms with Gasteiger partial charge in [0.15, 0.2) is 6.54 Å². The molecular weight excluding hydrogens is 330 g/mol. The van der Waals surface area contributed by atoms with E-state index in [-0.39, 0.29) is 11.7 Å². The van der Waals surface area contributed by atoms with Gasteiger partial charge in [0.25, 0.3) is 0 Å². The van der Waals surface area contributed by atoms with E-state index in [0.717, 1.165) is 5.56 Å². The monoisotopic (exact) mass is 345 g/mol. The summed E-state index contributed by atoms with van der Waals surface area (Å²) in [5.74, 6) is -0.820. The number of benzene rings is 2. The van der Waals surface area contributed by atoms with Crippen molar-refractivity contribution in [1.29, 1.82) is 0 Å². The Labute approximate surface area is 144 Å². The predicted molar refractivity (Wildman–Crippen MR) is 90.2 cm³/mol. The minimum absolute atomic E-state index is 0.0174. The summed E-state index contributed by atoms with van der Waals surface area (Å²) >= 11 is 5.01. The Hall–Kier alpha value is -2.77. The first-order chi connectivity index (χ1) is 11.6. The minimum atomic E-state index is -1.39. The topological polar surface area (TPSA) is 76.1 Å². The normalized spacial score (nSPS) is 10.0. The van der Waals surface area contributed by atoms with Crippen molar-refractivity contribution in [3.63, 3.8) is 0 Å². The summed E-state index contributed by atoms with van der Waals surface area (Å²) in [6.45, 7) is -0.571. The molecule has 0 saturated heterocycles. The molecule has 24 heavy (non-hydrogen) atoms. The molecular formula is C17H15NO5S. The third kappa shape index (κ3) is 5.45. The summed E-state index contributed by atoms with van der Waals surface area (Å²) in [4.78, 5) is 28.2. The quantitative estimate of drug-likeness (QED) is 0.493. The fourth-order valence-electron chi connectivity index (χ4n) is 1.78. The van der Waals surface area contributed by atoms with Gasteiger partial charge in [-0.05, 0) is 17.8 Å². The van der Waals surface area contributed by atoms with Gasteiger partial charge in [-0.3, -0.25) is 4.84 Å². The van der Waals surface area contributed by atoms with Crippen LogP contribution < -0.4 is 0 Å². The number of rotatable bonds is 6. The third-order valence-corrected chi connectivity index (χ3v) is 3.25. The smallest absolute Gasteiger partial charge is 0.432 e. The SMILES string of the molecule is O=C(CN(OCc1ccccc1)C(=O)O)OC(=S)c1ccccc1. The molecule has 0 heterocycles. The first-order valence-corrected chi connectivity index (χ1v) is 7.44. The summed E-state index contributed by atoms with van der Waals surface area (Å²) < 4.78 is 4.98. The van der Waals surface area contributed by atoms with E-state index in [1.54, 1.807) is 54.6 Å². The highest BCUT2D eigenvalue weighted by Gasteiger charge is 2.20. The van der Waals surface area contributed by atoms with E-state index in [9.17, 15) is 9.59 Å². The van der Waals surface area contributed by atoms with E-state index in [0.29, 0.717) is 10.6 Å². The zero-order valence-electron chi connectivity index (χ0n) is 12.6. The van der Waals surface area contributed by atoms with E-state index < -0.39 is 18.6 Å². The summed E-state index contributed by atoms with van der Waals surface area (Å²) in [6.07, 6.45) is -1.39. The lowest BCUT2D eigenvalue weighted by Crippen LogP contribution is -2.36. The van der Waals surface area contributed by atoms with Crippen molar-refractivity contribution < 1.29 is 24.3 Å². The first-order valence-electron chi connectivity index (χ1n) is 7.03. The maximum Gasteiger partial charge on any atom is 0.432 e. The van der Waals surface area contributed by atoms with Gasteiger partial charge in [0.05, 0.1) is 0 Å². The average molecular weight is 345 g/mol. The fraction of sp³-hybridized carbons (Fsp3) is 0.118. The van der Waals surface area contributed by atoms with Crippen LogP contribution in [0.1, 0.15) is 11.1 Å². The molecule has 7 heteroatoms. The Balaban J connectivity index is 1.89. The number of amides is 1. The van der Waals surface area contributed by atoms with Crippen molar-refractivity contribution in [3.8, 4) is 0 Å². The number of hydrogen-bond acceptors (Lipinski definition) is 5. The van der Waals surface area contributed by atoms with Crippen molar-refractivity contribution in [1.82, 2.24) is 5.06 Å². The molecule has 0 aromatic heterocycles. The van der Waals surface area contributed by atoms with Crippen LogP contribution >= 0.6 is 12.2 Å². The molecule has 0 aliphatic heterocycles. The number of esters is 1. The van der Waals surface area contributed by atoms with E-state index >= 15 is 0 Å². The highest BCUT2D eigenvalue weighted by Crippen LogP contribution is 2.06. The van der Waals surface area contributed by atoms with Gasteiger partial charge < -0.3 is 9.84 Å². The zero-order valence-corrected chi connectivity index (χ0v) is 13.4. The molecule has 2 rings (SSSR count). The molecule has 0 atom stereocenters.